The summed E-state index contributed by atoms with van der Waals surface area (Å²) in [6.45, 7) is 8.89. The smallest absolute Gasteiger partial charge is 0.121 e. The summed E-state index contributed by atoms with van der Waals surface area (Å²) in [6.07, 6.45) is 0. The third-order valence-corrected chi connectivity index (χ3v) is 3.45. The highest BCUT2D eigenvalue weighted by atomic mass is 16.5. The Bertz CT molecular complexity index is 382. The van der Waals surface area contributed by atoms with Crippen LogP contribution in [0.4, 0.5) is 11.4 Å². The van der Waals surface area contributed by atoms with Crippen molar-refractivity contribution in [1.29, 1.82) is 0 Å². The Hall–Kier alpha value is -1.38. The quantitative estimate of drug-likeness (QED) is 0.819. The Balaban J connectivity index is 3.07. The maximum atomic E-state index is 6.03. The van der Waals surface area contributed by atoms with Gasteiger partial charge in [0, 0.05) is 19.2 Å². The van der Waals surface area contributed by atoms with E-state index < -0.39 is 0 Å². The zero-order valence-electron chi connectivity index (χ0n) is 11.7. The van der Waals surface area contributed by atoms with E-state index in [9.17, 15) is 0 Å². The van der Waals surface area contributed by atoms with Crippen molar-refractivity contribution in [2.24, 2.45) is 5.41 Å². The van der Waals surface area contributed by atoms with Crippen LogP contribution < -0.4 is 15.4 Å². The van der Waals surface area contributed by atoms with Crippen molar-refractivity contribution in [3.8, 4) is 5.75 Å². The van der Waals surface area contributed by atoms with Crippen molar-refractivity contribution in [2.75, 3.05) is 24.8 Å². The van der Waals surface area contributed by atoms with Crippen molar-refractivity contribution < 1.29 is 4.74 Å². The highest BCUT2D eigenvalue weighted by molar-refractivity contribution is 5.69. The summed E-state index contributed by atoms with van der Waals surface area (Å²) in [5.74, 6) is 0.835. The third kappa shape index (κ3) is 3.05. The molecule has 0 aliphatic carbocycles. The van der Waals surface area contributed by atoms with Crippen LogP contribution in [0.15, 0.2) is 18.2 Å². The van der Waals surface area contributed by atoms with Gasteiger partial charge in [-0.25, -0.2) is 0 Å². The molecule has 1 atom stereocenters. The Labute approximate surface area is 105 Å². The number of benzene rings is 1. The minimum absolute atomic E-state index is 0.199. The lowest BCUT2D eigenvalue weighted by Crippen LogP contribution is -2.39. The molecule has 3 nitrogen and oxygen atoms in total. The van der Waals surface area contributed by atoms with E-state index in [-0.39, 0.29) is 5.41 Å². The van der Waals surface area contributed by atoms with E-state index in [0.717, 1.165) is 17.1 Å². The maximum absolute atomic E-state index is 6.03. The summed E-state index contributed by atoms with van der Waals surface area (Å²) in [6, 6.07) is 6.14. The third-order valence-electron chi connectivity index (χ3n) is 3.45. The first kappa shape index (κ1) is 13.7. The van der Waals surface area contributed by atoms with E-state index in [0.29, 0.717) is 6.04 Å². The molecule has 0 bridgehead atoms. The summed E-state index contributed by atoms with van der Waals surface area (Å²) >= 11 is 0. The second kappa shape index (κ2) is 4.86. The lowest BCUT2D eigenvalue weighted by molar-refractivity contribution is 0.329. The second-order valence-corrected chi connectivity index (χ2v) is 5.58. The molecule has 1 rings (SSSR count). The predicted octanol–water partition coefficient (Wildman–Crippen LogP) is 3.15. The molecule has 1 aromatic carbocycles. The Morgan fingerprint density at radius 3 is 2.35 bits per heavy atom. The molecule has 0 aliphatic heterocycles. The molecule has 2 N–H and O–H groups in total. The van der Waals surface area contributed by atoms with Crippen LogP contribution in [0, 0.1) is 5.41 Å². The van der Waals surface area contributed by atoms with Gasteiger partial charge < -0.3 is 15.4 Å². The number of nitrogens with two attached hydrogens (primary N) is 1. The average Bonchev–Trinajstić information content (AvgIpc) is 2.26. The van der Waals surface area contributed by atoms with Gasteiger partial charge in [-0.2, -0.15) is 0 Å². The first-order chi connectivity index (χ1) is 7.77. The number of rotatable bonds is 3. The lowest BCUT2D eigenvalue weighted by Gasteiger charge is -2.37. The van der Waals surface area contributed by atoms with Crippen LogP contribution in [0.3, 0.4) is 0 Å². The van der Waals surface area contributed by atoms with Crippen molar-refractivity contribution in [3.63, 3.8) is 0 Å². The van der Waals surface area contributed by atoms with Crippen LogP contribution in [0.1, 0.15) is 27.7 Å². The normalized spacial score (nSPS) is 13.3. The van der Waals surface area contributed by atoms with Crippen molar-refractivity contribution in [3.05, 3.63) is 18.2 Å². The highest BCUT2D eigenvalue weighted by Crippen LogP contribution is 2.33. The number of nitrogen functional groups attached to an aromatic ring is 1. The molecule has 0 saturated carbocycles. The summed E-state index contributed by atoms with van der Waals surface area (Å²) in [5.41, 5.74) is 8.03. The first-order valence-electron chi connectivity index (χ1n) is 5.93. The summed E-state index contributed by atoms with van der Waals surface area (Å²) in [4.78, 5) is 2.21. The highest BCUT2D eigenvalue weighted by Gasteiger charge is 2.25. The fourth-order valence-corrected chi connectivity index (χ4v) is 1.75. The van der Waals surface area contributed by atoms with Gasteiger partial charge >= 0.3 is 0 Å². The molecule has 3 heteroatoms. The number of anilines is 2. The number of hydrogen-bond acceptors (Lipinski definition) is 3. The molecule has 17 heavy (non-hydrogen) atoms. The number of nitrogens with zero attached hydrogens (tertiary/aromatic N) is 1. The van der Waals surface area contributed by atoms with Gasteiger partial charge in [-0.15, -0.1) is 0 Å². The monoisotopic (exact) mass is 236 g/mol. The molecule has 0 spiro atoms. The van der Waals surface area contributed by atoms with Gasteiger partial charge in [-0.05, 0) is 24.5 Å². The summed E-state index contributed by atoms with van der Waals surface area (Å²) in [5, 5.41) is 0. The molecule has 1 aromatic rings. The minimum Gasteiger partial charge on any atom is -0.497 e. The van der Waals surface area contributed by atoms with Crippen molar-refractivity contribution in [1.82, 2.24) is 0 Å². The van der Waals surface area contributed by atoms with Gasteiger partial charge in [0.15, 0.2) is 0 Å². The van der Waals surface area contributed by atoms with Crippen LogP contribution in [0.25, 0.3) is 0 Å². The van der Waals surface area contributed by atoms with Gasteiger partial charge in [0.1, 0.15) is 5.75 Å². The van der Waals surface area contributed by atoms with Crippen LogP contribution in [0.5, 0.6) is 5.75 Å². The van der Waals surface area contributed by atoms with Crippen molar-refractivity contribution in [2.45, 2.75) is 33.7 Å². The van der Waals surface area contributed by atoms with E-state index in [1.54, 1.807) is 7.11 Å². The van der Waals surface area contributed by atoms with Crippen LogP contribution in [-0.4, -0.2) is 20.2 Å². The van der Waals surface area contributed by atoms with Gasteiger partial charge in [-0.1, -0.05) is 20.8 Å². The molecule has 96 valence electrons. The van der Waals surface area contributed by atoms with E-state index in [4.69, 9.17) is 10.5 Å². The zero-order valence-corrected chi connectivity index (χ0v) is 11.7. The lowest BCUT2D eigenvalue weighted by atomic mass is 9.87. The minimum atomic E-state index is 0.199. The van der Waals surface area contributed by atoms with Crippen LogP contribution in [-0.2, 0) is 0 Å². The SMILES string of the molecule is COc1ccc(N)c(N(C)C(C)C(C)(C)C)c1. The second-order valence-electron chi connectivity index (χ2n) is 5.58. The summed E-state index contributed by atoms with van der Waals surface area (Å²) in [7, 11) is 3.74. The number of ether oxygens (including phenoxy) is 1. The molecule has 0 aliphatic rings. The molecular formula is C14H24N2O. The molecule has 0 saturated heterocycles. The number of methoxy groups -OCH3 is 1. The molecule has 0 heterocycles. The van der Waals surface area contributed by atoms with Gasteiger partial charge in [0.05, 0.1) is 18.5 Å². The Kier molecular flexibility index (Phi) is 3.91. The topological polar surface area (TPSA) is 38.5 Å². The molecule has 0 fully saturated rings. The molecule has 1 unspecified atom stereocenters. The van der Waals surface area contributed by atoms with Crippen LogP contribution >= 0.6 is 0 Å². The van der Waals surface area contributed by atoms with Crippen molar-refractivity contribution >= 4 is 11.4 Å². The van der Waals surface area contributed by atoms with Crippen LogP contribution in [0.2, 0.25) is 0 Å². The Morgan fingerprint density at radius 2 is 1.88 bits per heavy atom. The van der Waals surface area contributed by atoms with Gasteiger partial charge in [0.25, 0.3) is 0 Å². The fourth-order valence-electron chi connectivity index (χ4n) is 1.75. The Morgan fingerprint density at radius 1 is 1.29 bits per heavy atom. The standard InChI is InChI=1S/C14H24N2O/c1-10(14(2,3)4)16(5)13-9-11(17-6)7-8-12(13)15/h7-10H,15H2,1-6H3. The summed E-state index contributed by atoms with van der Waals surface area (Å²) < 4.78 is 5.24. The largest absolute Gasteiger partial charge is 0.497 e. The van der Waals surface area contributed by atoms with E-state index >= 15 is 0 Å². The first-order valence-corrected chi connectivity index (χ1v) is 5.93. The molecule has 0 aromatic heterocycles. The van der Waals surface area contributed by atoms with E-state index in [1.165, 1.54) is 0 Å². The number of hydrogen-bond donors (Lipinski definition) is 1. The average molecular weight is 236 g/mol. The van der Waals surface area contributed by atoms with E-state index in [1.807, 2.05) is 18.2 Å². The maximum Gasteiger partial charge on any atom is 0.121 e. The van der Waals surface area contributed by atoms with Gasteiger partial charge in [0.2, 0.25) is 0 Å². The fraction of sp³-hybridized carbons (Fsp3) is 0.571. The molecule has 0 radical (unpaired) electrons. The van der Waals surface area contributed by atoms with E-state index in [2.05, 4.69) is 39.6 Å². The molecule has 0 amide bonds. The zero-order chi connectivity index (χ0) is 13.2. The molecular weight excluding hydrogens is 212 g/mol. The van der Waals surface area contributed by atoms with Gasteiger partial charge in [-0.3, -0.25) is 0 Å². The predicted molar refractivity (Wildman–Crippen MR) is 74.7 cm³/mol.